The highest BCUT2D eigenvalue weighted by molar-refractivity contribution is 7.10. The van der Waals surface area contributed by atoms with Crippen LogP contribution in [0, 0.1) is 11.8 Å². The first-order valence-electron chi connectivity index (χ1n) is 6.46. The molecular formula is C14H23NS. The first-order valence-corrected chi connectivity index (χ1v) is 7.34. The first kappa shape index (κ1) is 12.1. The molecule has 2 heteroatoms. The maximum absolute atomic E-state index is 3.80. The lowest BCUT2D eigenvalue weighted by molar-refractivity contribution is 0.217. The van der Waals surface area contributed by atoms with Crippen LogP contribution in [0.1, 0.15) is 51.0 Å². The minimum Gasteiger partial charge on any atom is -0.306 e. The summed E-state index contributed by atoms with van der Waals surface area (Å²) in [5.41, 5.74) is 0. The van der Waals surface area contributed by atoms with E-state index in [0.717, 1.165) is 11.8 Å². The highest BCUT2D eigenvalue weighted by Gasteiger charge is 2.26. The van der Waals surface area contributed by atoms with E-state index in [2.05, 4.69) is 43.6 Å². The van der Waals surface area contributed by atoms with Crippen LogP contribution in [0.25, 0.3) is 0 Å². The molecule has 1 heterocycles. The molecule has 1 aromatic rings. The molecule has 1 N–H and O–H groups in total. The second-order valence-corrected chi connectivity index (χ2v) is 6.39. The van der Waals surface area contributed by atoms with E-state index in [9.17, 15) is 0 Å². The average Bonchev–Trinajstić information content (AvgIpc) is 2.75. The molecule has 0 aliphatic heterocycles. The van der Waals surface area contributed by atoms with Crippen molar-refractivity contribution < 1.29 is 0 Å². The minimum atomic E-state index is 0.515. The van der Waals surface area contributed by atoms with Gasteiger partial charge in [0, 0.05) is 17.0 Å². The lowest BCUT2D eigenvalue weighted by Crippen LogP contribution is -2.40. The third kappa shape index (κ3) is 2.86. The Morgan fingerprint density at radius 2 is 2.19 bits per heavy atom. The lowest BCUT2D eigenvalue weighted by Gasteiger charge is -2.35. The standard InChI is InChI=1S/C14H23NS/c1-10-6-7-13(11(2)9-10)15-12(3)14-5-4-8-16-14/h4-5,8,10-13,15H,6-7,9H2,1-3H3. The number of hydrogen-bond acceptors (Lipinski definition) is 2. The van der Waals surface area contributed by atoms with Crippen LogP contribution in [0.4, 0.5) is 0 Å². The molecule has 4 unspecified atom stereocenters. The summed E-state index contributed by atoms with van der Waals surface area (Å²) in [6, 6.07) is 5.61. The van der Waals surface area contributed by atoms with Crippen LogP contribution < -0.4 is 5.32 Å². The van der Waals surface area contributed by atoms with Gasteiger partial charge in [-0.15, -0.1) is 11.3 Å². The predicted octanol–water partition coefficient (Wildman–Crippen LogP) is 4.22. The van der Waals surface area contributed by atoms with E-state index in [1.165, 1.54) is 24.1 Å². The van der Waals surface area contributed by atoms with Gasteiger partial charge in [-0.2, -0.15) is 0 Å². The van der Waals surface area contributed by atoms with E-state index in [-0.39, 0.29) is 0 Å². The molecule has 0 amide bonds. The van der Waals surface area contributed by atoms with Crippen LogP contribution in [-0.2, 0) is 0 Å². The smallest absolute Gasteiger partial charge is 0.0388 e. The normalized spacial score (nSPS) is 32.6. The summed E-state index contributed by atoms with van der Waals surface area (Å²) in [5.74, 6) is 1.75. The van der Waals surface area contributed by atoms with Crippen LogP contribution >= 0.6 is 11.3 Å². The van der Waals surface area contributed by atoms with E-state index in [0.29, 0.717) is 12.1 Å². The summed E-state index contributed by atoms with van der Waals surface area (Å²) in [6.45, 7) is 7.07. The molecule has 90 valence electrons. The van der Waals surface area contributed by atoms with Crippen molar-refractivity contribution in [3.8, 4) is 0 Å². The maximum atomic E-state index is 3.80. The molecule has 16 heavy (non-hydrogen) atoms. The van der Waals surface area contributed by atoms with E-state index in [1.807, 2.05) is 11.3 Å². The van der Waals surface area contributed by atoms with Crippen LogP contribution in [0.5, 0.6) is 0 Å². The third-order valence-corrected chi connectivity index (χ3v) is 4.92. The zero-order valence-electron chi connectivity index (χ0n) is 10.6. The van der Waals surface area contributed by atoms with E-state index >= 15 is 0 Å². The zero-order valence-corrected chi connectivity index (χ0v) is 11.4. The van der Waals surface area contributed by atoms with Crippen molar-refractivity contribution >= 4 is 11.3 Å². The Kier molecular flexibility index (Phi) is 4.04. The van der Waals surface area contributed by atoms with Gasteiger partial charge in [0.05, 0.1) is 0 Å². The zero-order chi connectivity index (χ0) is 11.5. The van der Waals surface area contributed by atoms with Gasteiger partial charge in [-0.25, -0.2) is 0 Å². The van der Waals surface area contributed by atoms with Crippen molar-refractivity contribution in [1.82, 2.24) is 5.32 Å². The van der Waals surface area contributed by atoms with E-state index in [1.54, 1.807) is 0 Å². The summed E-state index contributed by atoms with van der Waals surface area (Å²) < 4.78 is 0. The maximum Gasteiger partial charge on any atom is 0.0388 e. The molecule has 1 nitrogen and oxygen atoms in total. The number of hydrogen-bond donors (Lipinski definition) is 1. The Labute approximate surface area is 103 Å². The summed E-state index contributed by atoms with van der Waals surface area (Å²) in [5, 5.41) is 5.97. The fourth-order valence-corrected chi connectivity index (χ4v) is 3.60. The van der Waals surface area contributed by atoms with Crippen molar-refractivity contribution in [3.05, 3.63) is 22.4 Å². The van der Waals surface area contributed by atoms with Crippen molar-refractivity contribution in [3.63, 3.8) is 0 Å². The van der Waals surface area contributed by atoms with Gasteiger partial charge < -0.3 is 5.32 Å². The SMILES string of the molecule is CC1CCC(NC(C)c2cccs2)C(C)C1. The van der Waals surface area contributed by atoms with Crippen molar-refractivity contribution in [2.45, 2.75) is 52.1 Å². The minimum absolute atomic E-state index is 0.515. The van der Waals surface area contributed by atoms with Gasteiger partial charge in [-0.05, 0) is 49.5 Å². The van der Waals surface area contributed by atoms with Crippen molar-refractivity contribution in [2.75, 3.05) is 0 Å². The Morgan fingerprint density at radius 1 is 1.38 bits per heavy atom. The van der Waals surface area contributed by atoms with Gasteiger partial charge in [0.25, 0.3) is 0 Å². The largest absolute Gasteiger partial charge is 0.306 e. The lowest BCUT2D eigenvalue weighted by atomic mass is 9.79. The fourth-order valence-electron chi connectivity index (χ4n) is 2.85. The Balaban J connectivity index is 1.89. The fraction of sp³-hybridized carbons (Fsp3) is 0.714. The second kappa shape index (κ2) is 5.33. The van der Waals surface area contributed by atoms with Gasteiger partial charge in [-0.3, -0.25) is 0 Å². The van der Waals surface area contributed by atoms with Crippen LogP contribution in [0.15, 0.2) is 17.5 Å². The summed E-state index contributed by atoms with van der Waals surface area (Å²) in [7, 11) is 0. The predicted molar refractivity (Wildman–Crippen MR) is 71.8 cm³/mol. The molecule has 1 saturated carbocycles. The number of rotatable bonds is 3. The van der Waals surface area contributed by atoms with Crippen molar-refractivity contribution in [2.24, 2.45) is 11.8 Å². The van der Waals surface area contributed by atoms with Gasteiger partial charge in [0.15, 0.2) is 0 Å². The highest BCUT2D eigenvalue weighted by Crippen LogP contribution is 2.30. The molecular weight excluding hydrogens is 214 g/mol. The molecule has 1 aliphatic rings. The topological polar surface area (TPSA) is 12.0 Å². The molecule has 0 saturated heterocycles. The second-order valence-electron chi connectivity index (χ2n) is 5.41. The van der Waals surface area contributed by atoms with Gasteiger partial charge in [0.2, 0.25) is 0 Å². The van der Waals surface area contributed by atoms with Crippen LogP contribution in [0.3, 0.4) is 0 Å². The average molecular weight is 237 g/mol. The molecule has 1 aromatic heterocycles. The number of thiophene rings is 1. The molecule has 2 rings (SSSR count). The van der Waals surface area contributed by atoms with E-state index < -0.39 is 0 Å². The molecule has 0 aromatic carbocycles. The van der Waals surface area contributed by atoms with Crippen molar-refractivity contribution in [1.29, 1.82) is 0 Å². The van der Waals surface area contributed by atoms with E-state index in [4.69, 9.17) is 0 Å². The Hall–Kier alpha value is -0.340. The molecule has 0 radical (unpaired) electrons. The summed E-state index contributed by atoms with van der Waals surface area (Å²) in [4.78, 5) is 1.46. The molecule has 1 fully saturated rings. The number of nitrogens with one attached hydrogen (secondary N) is 1. The van der Waals surface area contributed by atoms with Crippen LogP contribution in [0.2, 0.25) is 0 Å². The Morgan fingerprint density at radius 3 is 2.81 bits per heavy atom. The quantitative estimate of drug-likeness (QED) is 0.830. The van der Waals surface area contributed by atoms with Gasteiger partial charge in [-0.1, -0.05) is 19.9 Å². The molecule has 0 bridgehead atoms. The Bertz CT molecular complexity index is 307. The molecule has 1 aliphatic carbocycles. The summed E-state index contributed by atoms with van der Waals surface area (Å²) >= 11 is 1.86. The first-order chi connectivity index (χ1) is 7.66. The van der Waals surface area contributed by atoms with Crippen LogP contribution in [-0.4, -0.2) is 6.04 Å². The monoisotopic (exact) mass is 237 g/mol. The van der Waals surface area contributed by atoms with Gasteiger partial charge >= 0.3 is 0 Å². The summed E-state index contributed by atoms with van der Waals surface area (Å²) in [6.07, 6.45) is 4.12. The molecule has 0 spiro atoms. The van der Waals surface area contributed by atoms with Gasteiger partial charge in [0.1, 0.15) is 0 Å². The highest BCUT2D eigenvalue weighted by atomic mass is 32.1. The third-order valence-electron chi connectivity index (χ3n) is 3.87. The molecule has 4 atom stereocenters.